The molecule has 0 N–H and O–H groups in total. The van der Waals surface area contributed by atoms with Crippen molar-refractivity contribution in [3.63, 3.8) is 0 Å². The Balaban J connectivity index is 1.69. The van der Waals surface area contributed by atoms with E-state index in [0.717, 1.165) is 37.0 Å². The lowest BCUT2D eigenvalue weighted by Gasteiger charge is -2.56. The zero-order valence-electron chi connectivity index (χ0n) is 9.22. The molecule has 0 heterocycles. The van der Waals surface area contributed by atoms with Gasteiger partial charge in [0.1, 0.15) is 0 Å². The van der Waals surface area contributed by atoms with Crippen molar-refractivity contribution in [2.45, 2.75) is 44.1 Å². The van der Waals surface area contributed by atoms with Crippen LogP contribution in [0.4, 0.5) is 8.78 Å². The normalized spacial score (nSPS) is 46.3. The van der Waals surface area contributed by atoms with Gasteiger partial charge in [0.15, 0.2) is 0 Å². The quantitative estimate of drug-likeness (QED) is 0.688. The summed E-state index contributed by atoms with van der Waals surface area (Å²) in [6.07, 6.45) is 7.17. The van der Waals surface area contributed by atoms with Crippen molar-refractivity contribution in [1.82, 2.24) is 0 Å². The maximum Gasteiger partial charge on any atom is 0.440 e. The number of rotatable bonds is 3. The summed E-state index contributed by atoms with van der Waals surface area (Å²) in [6.45, 7) is 0.146. The van der Waals surface area contributed by atoms with Crippen LogP contribution in [0.2, 0.25) is 0 Å². The van der Waals surface area contributed by atoms with Gasteiger partial charge >= 0.3 is 5.57 Å². The molecule has 4 bridgehead atoms. The number of hydrogen-bond donors (Lipinski definition) is 0. The summed E-state index contributed by atoms with van der Waals surface area (Å²) < 4.78 is 29.6. The van der Waals surface area contributed by atoms with Gasteiger partial charge in [0, 0.05) is 0 Å². The van der Waals surface area contributed by atoms with Crippen molar-refractivity contribution in [3.05, 3.63) is 0 Å². The Bertz CT molecular complexity index is 252. The van der Waals surface area contributed by atoms with Crippen LogP contribution in [-0.4, -0.2) is 12.2 Å². The van der Waals surface area contributed by atoms with Crippen molar-refractivity contribution in [3.8, 4) is 0 Å². The molecule has 0 atom stereocenters. The predicted molar refractivity (Wildman–Crippen MR) is 57.4 cm³/mol. The highest BCUT2D eigenvalue weighted by molar-refractivity contribution is 6.20. The number of alkyl halides is 3. The summed E-state index contributed by atoms with van der Waals surface area (Å²) in [5.74, 6) is 2.29. The molecule has 4 fully saturated rings. The fourth-order valence-corrected chi connectivity index (χ4v) is 4.76. The standard InChI is InChI=1S/C12H17ClF2O/c13-12(14,15)16-7-11-4-8-1-9(5-11)3-10(2-8)6-11/h8-10H,1-7H2. The second-order valence-corrected chi connectivity index (χ2v) is 6.59. The van der Waals surface area contributed by atoms with Crippen LogP contribution in [-0.2, 0) is 4.74 Å². The van der Waals surface area contributed by atoms with Gasteiger partial charge in [0.05, 0.1) is 6.61 Å². The fourth-order valence-electron chi connectivity index (χ4n) is 4.70. The van der Waals surface area contributed by atoms with Gasteiger partial charge in [-0.25, -0.2) is 0 Å². The van der Waals surface area contributed by atoms with E-state index in [-0.39, 0.29) is 12.0 Å². The minimum absolute atomic E-state index is 0.0209. The fraction of sp³-hybridized carbons (Fsp3) is 1.00. The zero-order valence-corrected chi connectivity index (χ0v) is 9.98. The number of ether oxygens (including phenoxy) is 1. The molecule has 0 aliphatic heterocycles. The molecule has 16 heavy (non-hydrogen) atoms. The lowest BCUT2D eigenvalue weighted by Crippen LogP contribution is -2.48. The van der Waals surface area contributed by atoms with Crippen molar-refractivity contribution >= 4 is 11.6 Å². The van der Waals surface area contributed by atoms with Gasteiger partial charge in [-0.15, -0.1) is 0 Å². The maximum atomic E-state index is 12.6. The van der Waals surface area contributed by atoms with E-state index in [1.807, 2.05) is 0 Å². The summed E-state index contributed by atoms with van der Waals surface area (Å²) in [5.41, 5.74) is -3.46. The van der Waals surface area contributed by atoms with Crippen LogP contribution in [0, 0.1) is 23.2 Å². The average Bonchev–Trinajstić information content (AvgIpc) is 2.11. The van der Waals surface area contributed by atoms with E-state index in [4.69, 9.17) is 11.6 Å². The smallest absolute Gasteiger partial charge is 0.306 e. The molecule has 0 spiro atoms. The summed E-state index contributed by atoms with van der Waals surface area (Å²) in [5, 5.41) is 0. The Morgan fingerprint density at radius 3 is 1.88 bits per heavy atom. The highest BCUT2D eigenvalue weighted by Gasteiger charge is 2.51. The third-order valence-corrected chi connectivity index (χ3v) is 4.82. The molecule has 0 amide bonds. The van der Waals surface area contributed by atoms with Crippen LogP contribution in [0.15, 0.2) is 0 Å². The van der Waals surface area contributed by atoms with Crippen molar-refractivity contribution in [1.29, 1.82) is 0 Å². The molecule has 1 nitrogen and oxygen atoms in total. The topological polar surface area (TPSA) is 9.23 Å². The van der Waals surface area contributed by atoms with Gasteiger partial charge in [-0.1, -0.05) is 0 Å². The molecule has 0 unspecified atom stereocenters. The summed E-state index contributed by atoms with van der Waals surface area (Å²) >= 11 is 4.82. The van der Waals surface area contributed by atoms with E-state index in [1.54, 1.807) is 0 Å². The summed E-state index contributed by atoms with van der Waals surface area (Å²) in [4.78, 5) is 0. The van der Waals surface area contributed by atoms with Crippen molar-refractivity contribution in [2.75, 3.05) is 6.61 Å². The van der Waals surface area contributed by atoms with Crippen LogP contribution in [0.1, 0.15) is 38.5 Å². The van der Waals surface area contributed by atoms with Crippen LogP contribution < -0.4 is 0 Å². The third-order valence-electron chi connectivity index (χ3n) is 4.71. The lowest BCUT2D eigenvalue weighted by molar-refractivity contribution is -0.209. The molecule has 0 radical (unpaired) electrons. The molecule has 0 saturated heterocycles. The highest BCUT2D eigenvalue weighted by atomic mass is 35.5. The average molecular weight is 251 g/mol. The van der Waals surface area contributed by atoms with E-state index in [0.29, 0.717) is 0 Å². The van der Waals surface area contributed by atoms with Crippen LogP contribution >= 0.6 is 11.6 Å². The summed E-state index contributed by atoms with van der Waals surface area (Å²) in [6, 6.07) is 0. The number of halogens is 3. The minimum Gasteiger partial charge on any atom is -0.306 e. The SMILES string of the molecule is FC(F)(Cl)OCC12CC3CC(CC(C3)C1)C2. The molecule has 4 rings (SSSR count). The largest absolute Gasteiger partial charge is 0.440 e. The minimum atomic E-state index is -3.48. The van der Waals surface area contributed by atoms with Gasteiger partial charge < -0.3 is 4.74 Å². The van der Waals surface area contributed by atoms with Gasteiger partial charge in [-0.3, -0.25) is 0 Å². The Morgan fingerprint density at radius 1 is 1.06 bits per heavy atom. The molecule has 4 saturated carbocycles. The van der Waals surface area contributed by atoms with Crippen molar-refractivity contribution in [2.24, 2.45) is 23.2 Å². The van der Waals surface area contributed by atoms with Gasteiger partial charge in [-0.2, -0.15) is 8.78 Å². The first kappa shape index (κ1) is 11.2. The van der Waals surface area contributed by atoms with E-state index in [1.165, 1.54) is 19.3 Å². The number of hydrogen-bond acceptors (Lipinski definition) is 1. The second-order valence-electron chi connectivity index (χ2n) is 6.15. The van der Waals surface area contributed by atoms with Crippen LogP contribution in [0.5, 0.6) is 0 Å². The Labute approximate surface area is 99.5 Å². The third kappa shape index (κ3) is 2.08. The molecule has 4 aliphatic carbocycles. The molecule has 92 valence electrons. The van der Waals surface area contributed by atoms with Gasteiger partial charge in [0.2, 0.25) is 0 Å². The monoisotopic (exact) mass is 250 g/mol. The predicted octanol–water partition coefficient (Wildman–Crippen LogP) is 4.01. The molecule has 4 heteroatoms. The Kier molecular flexibility index (Phi) is 2.49. The molecule has 0 aromatic heterocycles. The molecule has 4 aliphatic rings. The first-order valence-corrected chi connectivity index (χ1v) is 6.53. The molecule has 0 aromatic carbocycles. The van der Waals surface area contributed by atoms with E-state index in [2.05, 4.69) is 4.74 Å². The van der Waals surface area contributed by atoms with Crippen LogP contribution in [0.3, 0.4) is 0 Å². The lowest BCUT2D eigenvalue weighted by atomic mass is 9.50. The highest BCUT2D eigenvalue weighted by Crippen LogP contribution is 2.60. The zero-order chi connectivity index (χ0) is 11.4. The van der Waals surface area contributed by atoms with Crippen LogP contribution in [0.25, 0.3) is 0 Å². The van der Waals surface area contributed by atoms with Gasteiger partial charge in [0.25, 0.3) is 0 Å². The Hall–Kier alpha value is 0.110. The molecule has 0 aromatic rings. The van der Waals surface area contributed by atoms with Gasteiger partial charge in [-0.05, 0) is 73.3 Å². The van der Waals surface area contributed by atoms with E-state index >= 15 is 0 Å². The first-order chi connectivity index (χ1) is 7.44. The maximum absolute atomic E-state index is 12.6. The molecular weight excluding hydrogens is 234 g/mol. The first-order valence-electron chi connectivity index (χ1n) is 6.15. The van der Waals surface area contributed by atoms with E-state index < -0.39 is 5.57 Å². The second kappa shape index (κ2) is 3.55. The Morgan fingerprint density at radius 2 is 1.50 bits per heavy atom. The molecular formula is C12H17ClF2O. The van der Waals surface area contributed by atoms with E-state index in [9.17, 15) is 8.78 Å². The van der Waals surface area contributed by atoms with Crippen molar-refractivity contribution < 1.29 is 13.5 Å². The summed E-state index contributed by atoms with van der Waals surface area (Å²) in [7, 11) is 0.